The van der Waals surface area contributed by atoms with E-state index in [0.717, 1.165) is 36.2 Å². The summed E-state index contributed by atoms with van der Waals surface area (Å²) in [5, 5.41) is 10.4. The molecular formula is C25H28N4O2. The van der Waals surface area contributed by atoms with Crippen LogP contribution in [-0.2, 0) is 22.4 Å². The van der Waals surface area contributed by atoms with Crippen molar-refractivity contribution >= 4 is 17.6 Å². The number of benzene rings is 2. The molecule has 0 saturated carbocycles. The fourth-order valence-corrected chi connectivity index (χ4v) is 4.04. The van der Waals surface area contributed by atoms with Gasteiger partial charge in [0, 0.05) is 24.6 Å². The number of carbonyl (C=O) groups excluding carboxylic acids is 2. The number of aryl methyl sites for hydroxylation is 2. The molecule has 1 fully saturated rings. The molecule has 2 aromatic carbocycles. The lowest BCUT2D eigenvalue weighted by Gasteiger charge is -2.12. The topological polar surface area (TPSA) is 76.0 Å². The minimum Gasteiger partial charge on any atom is -0.355 e. The number of rotatable bonds is 7. The van der Waals surface area contributed by atoms with Gasteiger partial charge < -0.3 is 10.6 Å². The Morgan fingerprint density at radius 2 is 2.00 bits per heavy atom. The van der Waals surface area contributed by atoms with E-state index in [9.17, 15) is 9.59 Å². The van der Waals surface area contributed by atoms with Crippen LogP contribution in [0.25, 0.3) is 16.9 Å². The van der Waals surface area contributed by atoms with Crippen LogP contribution in [0, 0.1) is 5.92 Å². The monoisotopic (exact) mass is 416 g/mol. The summed E-state index contributed by atoms with van der Waals surface area (Å²) < 4.78 is 1.91. The highest BCUT2D eigenvalue weighted by Gasteiger charge is 2.28. The molecule has 3 aromatic rings. The zero-order chi connectivity index (χ0) is 21.8. The van der Waals surface area contributed by atoms with Gasteiger partial charge >= 0.3 is 0 Å². The van der Waals surface area contributed by atoms with Crippen molar-refractivity contribution in [3.63, 3.8) is 0 Å². The summed E-state index contributed by atoms with van der Waals surface area (Å²) in [4.78, 5) is 24.1. The number of aromatic nitrogens is 2. The van der Waals surface area contributed by atoms with Crippen molar-refractivity contribution < 1.29 is 9.59 Å². The highest BCUT2D eigenvalue weighted by atomic mass is 16.2. The van der Waals surface area contributed by atoms with Crippen molar-refractivity contribution in [3.05, 3.63) is 65.7 Å². The minimum absolute atomic E-state index is 0.0871. The number of amides is 2. The molecule has 6 nitrogen and oxygen atoms in total. The fourth-order valence-electron chi connectivity index (χ4n) is 4.04. The van der Waals surface area contributed by atoms with Gasteiger partial charge in [-0.05, 0) is 36.1 Å². The molecule has 31 heavy (non-hydrogen) atoms. The van der Waals surface area contributed by atoms with Crippen molar-refractivity contribution in [2.75, 3.05) is 11.9 Å². The Labute approximate surface area is 182 Å². The van der Waals surface area contributed by atoms with Gasteiger partial charge in [0.1, 0.15) is 0 Å². The lowest BCUT2D eigenvalue weighted by atomic mass is 10.0. The summed E-state index contributed by atoms with van der Waals surface area (Å²) >= 11 is 0. The zero-order valence-electron chi connectivity index (χ0n) is 18.0. The van der Waals surface area contributed by atoms with E-state index in [-0.39, 0.29) is 24.2 Å². The average molecular weight is 417 g/mol. The summed E-state index contributed by atoms with van der Waals surface area (Å²) in [7, 11) is 0. The van der Waals surface area contributed by atoms with Gasteiger partial charge in [-0.3, -0.25) is 9.59 Å². The van der Waals surface area contributed by atoms with E-state index in [0.29, 0.717) is 12.4 Å². The number of hydrogen-bond acceptors (Lipinski definition) is 3. The molecule has 1 saturated heterocycles. The predicted octanol–water partition coefficient (Wildman–Crippen LogP) is 4.13. The minimum atomic E-state index is -0.364. The molecule has 0 unspecified atom stereocenters. The average Bonchev–Trinajstić information content (AvgIpc) is 3.40. The van der Waals surface area contributed by atoms with Crippen LogP contribution in [0.5, 0.6) is 0 Å². The van der Waals surface area contributed by atoms with Crippen molar-refractivity contribution in [1.29, 1.82) is 0 Å². The molecule has 1 aliphatic heterocycles. The first-order chi connectivity index (χ1) is 15.1. The Morgan fingerprint density at radius 3 is 2.74 bits per heavy atom. The molecule has 0 bridgehead atoms. The van der Waals surface area contributed by atoms with Gasteiger partial charge in [0.25, 0.3) is 0 Å². The quantitative estimate of drug-likeness (QED) is 0.608. The summed E-state index contributed by atoms with van der Waals surface area (Å²) in [6.45, 7) is 4.66. The van der Waals surface area contributed by atoms with Crippen molar-refractivity contribution in [2.45, 2.75) is 39.5 Å². The maximum absolute atomic E-state index is 12.7. The van der Waals surface area contributed by atoms with Crippen LogP contribution in [0.15, 0.2) is 54.6 Å². The van der Waals surface area contributed by atoms with Crippen LogP contribution in [0.4, 0.5) is 5.82 Å². The van der Waals surface area contributed by atoms with E-state index < -0.39 is 0 Å². The number of hydrogen-bond donors (Lipinski definition) is 2. The molecule has 4 rings (SSSR count). The Bertz CT molecular complexity index is 1100. The molecule has 1 atom stereocenters. The lowest BCUT2D eigenvalue weighted by molar-refractivity contribution is -0.123. The first-order valence-electron chi connectivity index (χ1n) is 10.9. The lowest BCUT2D eigenvalue weighted by Crippen LogP contribution is -2.24. The molecule has 2 N–H and O–H groups in total. The molecule has 0 aliphatic carbocycles. The third-order valence-corrected chi connectivity index (χ3v) is 5.67. The number of carbonyl (C=O) groups is 2. The van der Waals surface area contributed by atoms with E-state index in [4.69, 9.17) is 5.10 Å². The molecule has 1 aromatic heterocycles. The van der Waals surface area contributed by atoms with E-state index in [1.807, 2.05) is 22.9 Å². The van der Waals surface area contributed by atoms with Crippen molar-refractivity contribution in [3.8, 4) is 16.9 Å². The Balaban J connectivity index is 1.74. The first-order valence-corrected chi connectivity index (χ1v) is 10.9. The van der Waals surface area contributed by atoms with E-state index in [2.05, 4.69) is 60.9 Å². The first kappa shape index (κ1) is 20.8. The molecule has 1 aliphatic rings. The Kier molecular flexibility index (Phi) is 6.16. The third kappa shape index (κ3) is 4.53. The second-order valence-electron chi connectivity index (χ2n) is 7.95. The van der Waals surface area contributed by atoms with Gasteiger partial charge in [-0.15, -0.1) is 5.10 Å². The number of anilines is 1. The second-order valence-corrected chi connectivity index (χ2v) is 7.95. The molecule has 6 heteroatoms. The summed E-state index contributed by atoms with van der Waals surface area (Å²) in [5.74, 6) is -0.142. The maximum atomic E-state index is 12.7. The molecule has 160 valence electrons. The highest BCUT2D eigenvalue weighted by molar-refractivity contribution is 5.97. The van der Waals surface area contributed by atoms with Gasteiger partial charge in [-0.25, -0.2) is 4.68 Å². The van der Waals surface area contributed by atoms with Crippen LogP contribution in [0.3, 0.4) is 0 Å². The number of para-hydroxylation sites is 1. The van der Waals surface area contributed by atoms with Crippen LogP contribution < -0.4 is 10.6 Å². The summed E-state index contributed by atoms with van der Waals surface area (Å²) in [6.07, 6.45) is 3.19. The summed E-state index contributed by atoms with van der Waals surface area (Å²) in [6, 6.07) is 18.6. The Morgan fingerprint density at radius 1 is 1.16 bits per heavy atom. The van der Waals surface area contributed by atoms with Crippen LogP contribution in [0.2, 0.25) is 0 Å². The van der Waals surface area contributed by atoms with Gasteiger partial charge in [-0.1, -0.05) is 56.7 Å². The van der Waals surface area contributed by atoms with Crippen LogP contribution in [0.1, 0.15) is 37.8 Å². The predicted molar refractivity (Wildman–Crippen MR) is 122 cm³/mol. The van der Waals surface area contributed by atoms with Crippen LogP contribution >= 0.6 is 0 Å². The molecular weight excluding hydrogens is 388 g/mol. The van der Waals surface area contributed by atoms with Crippen LogP contribution in [-0.4, -0.2) is 28.1 Å². The number of nitrogens with zero attached hydrogens (tertiary/aromatic N) is 2. The zero-order valence-corrected chi connectivity index (χ0v) is 18.0. The standard InChI is InChI=1S/C25H28N4O2/c1-3-8-17-9-7-11-19(13-17)22-15-23(27-25(31)20-14-24(30)26-16-20)28-29(22)21-12-6-5-10-18(21)4-2/h5-7,9-13,15,20H,3-4,8,14,16H2,1-2H3,(H,26,30)(H,27,28,31)/t20-/m0/s1. The van der Waals surface area contributed by atoms with Gasteiger partial charge in [0.2, 0.25) is 11.8 Å². The fraction of sp³-hybridized carbons (Fsp3) is 0.320. The largest absolute Gasteiger partial charge is 0.355 e. The van der Waals surface area contributed by atoms with Gasteiger partial charge in [-0.2, -0.15) is 0 Å². The van der Waals surface area contributed by atoms with E-state index in [1.165, 1.54) is 11.1 Å². The smallest absolute Gasteiger partial charge is 0.230 e. The normalized spacial score (nSPS) is 15.7. The molecule has 0 radical (unpaired) electrons. The van der Waals surface area contributed by atoms with E-state index in [1.54, 1.807) is 0 Å². The molecule has 0 spiro atoms. The maximum Gasteiger partial charge on any atom is 0.230 e. The Hall–Kier alpha value is -3.41. The third-order valence-electron chi connectivity index (χ3n) is 5.67. The molecule has 2 amide bonds. The van der Waals surface area contributed by atoms with Crippen molar-refractivity contribution in [1.82, 2.24) is 15.1 Å². The summed E-state index contributed by atoms with van der Waals surface area (Å²) in [5.41, 5.74) is 5.44. The van der Waals surface area contributed by atoms with Crippen molar-refractivity contribution in [2.24, 2.45) is 5.92 Å². The number of nitrogens with one attached hydrogen (secondary N) is 2. The second kappa shape index (κ2) is 9.16. The SMILES string of the molecule is CCCc1cccc(-c2cc(NC(=O)[C@@H]3CNC(=O)C3)nn2-c2ccccc2CC)c1. The van der Waals surface area contributed by atoms with Gasteiger partial charge in [0.05, 0.1) is 17.3 Å². The highest BCUT2D eigenvalue weighted by Crippen LogP contribution is 2.29. The molecule has 2 heterocycles. The van der Waals surface area contributed by atoms with E-state index >= 15 is 0 Å². The van der Waals surface area contributed by atoms with Gasteiger partial charge in [0.15, 0.2) is 5.82 Å².